The molecule has 4 aromatic rings. The molecule has 0 aliphatic heterocycles. The van der Waals surface area contributed by atoms with Crippen molar-refractivity contribution in [1.82, 2.24) is 15.3 Å². The molecule has 2 aromatic heterocycles. The van der Waals surface area contributed by atoms with E-state index in [1.165, 1.54) is 23.1 Å². The minimum absolute atomic E-state index is 0.0215. The van der Waals surface area contributed by atoms with Gasteiger partial charge in [0.2, 0.25) is 11.6 Å². The van der Waals surface area contributed by atoms with Gasteiger partial charge in [-0.3, -0.25) is 4.79 Å². The van der Waals surface area contributed by atoms with Crippen molar-refractivity contribution < 1.29 is 19.1 Å². The molecule has 7 N–H and O–H groups in total. The third kappa shape index (κ3) is 10.7. The second kappa shape index (κ2) is 19.1. The monoisotopic (exact) mass is 746 g/mol. The van der Waals surface area contributed by atoms with Gasteiger partial charge in [-0.25, -0.2) is 19.6 Å². The summed E-state index contributed by atoms with van der Waals surface area (Å²) in [4.78, 5) is 38.0. The number of carbonyl (C=O) groups excluding carboxylic acids is 2. The predicted molar refractivity (Wildman–Crippen MR) is 201 cm³/mol. The fourth-order valence-corrected chi connectivity index (χ4v) is 6.87. The molecule has 2 heterocycles. The Balaban J connectivity index is 1.38. The van der Waals surface area contributed by atoms with Crippen molar-refractivity contribution in [3.8, 4) is 33.5 Å². The standard InChI is InChI=1S/C36H39ClN8O4S2/c1-21(2)30(44-33(46)28(40)6-4-5-15-38)36(47)49-17-16-48-26-13-9-22(10-14-26)29-27(18-39)35(45-32(41)31(29)42-3)51-20-25-19-50-34(43-25)23-7-11-24(37)12-8-23/h7-14,19,21,28,30H,4-6,15-17,20,38,40H2,1-2H3,(H2,41,45)(H,44,46)/t28-,30-/m0/s1. The van der Waals surface area contributed by atoms with Crippen molar-refractivity contribution in [2.45, 2.75) is 56.0 Å². The molecule has 0 aliphatic rings. The van der Waals surface area contributed by atoms with Gasteiger partial charge in [0.25, 0.3) is 0 Å². The van der Waals surface area contributed by atoms with E-state index in [0.29, 0.717) is 45.6 Å². The number of nitrogens with zero attached hydrogens (tertiary/aromatic N) is 4. The number of thiazole rings is 1. The highest BCUT2D eigenvalue weighted by Crippen LogP contribution is 2.42. The molecule has 12 nitrogen and oxygen atoms in total. The molecule has 0 unspecified atom stereocenters. The van der Waals surface area contributed by atoms with Gasteiger partial charge in [0.1, 0.15) is 46.9 Å². The number of nitriles is 1. The molecular formula is C36H39ClN8O4S2. The van der Waals surface area contributed by atoms with Crippen LogP contribution in [0, 0.1) is 23.8 Å². The molecule has 2 aromatic carbocycles. The molecule has 15 heteroatoms. The first-order valence-corrected chi connectivity index (χ1v) is 18.4. The summed E-state index contributed by atoms with van der Waals surface area (Å²) in [5.41, 5.74) is 20.7. The molecule has 4 rings (SSSR count). The number of esters is 1. The first-order chi connectivity index (χ1) is 24.6. The van der Waals surface area contributed by atoms with Crippen molar-refractivity contribution in [2.75, 3.05) is 25.5 Å². The molecule has 2 atom stereocenters. The van der Waals surface area contributed by atoms with Crippen molar-refractivity contribution in [3.05, 3.63) is 81.6 Å². The molecule has 0 saturated heterocycles. The van der Waals surface area contributed by atoms with Crippen LogP contribution in [0.4, 0.5) is 11.5 Å². The number of aromatic nitrogens is 2. The summed E-state index contributed by atoms with van der Waals surface area (Å²) in [6.07, 6.45) is 1.96. The van der Waals surface area contributed by atoms with Crippen LogP contribution in [0.5, 0.6) is 5.75 Å². The van der Waals surface area contributed by atoms with Gasteiger partial charge in [0.15, 0.2) is 0 Å². The first kappa shape index (κ1) is 39.1. The van der Waals surface area contributed by atoms with E-state index in [9.17, 15) is 14.9 Å². The Morgan fingerprint density at radius 2 is 1.80 bits per heavy atom. The highest BCUT2D eigenvalue weighted by Gasteiger charge is 2.28. The molecule has 51 heavy (non-hydrogen) atoms. The number of thioether (sulfide) groups is 1. The SMILES string of the molecule is [C-]#[N+]c1c(N)nc(SCc2csc(-c3ccc(Cl)cc3)n2)c(C#N)c1-c1ccc(OCCOC(=O)[C@@H](NC(=O)[C@@H](N)CCCCN)C(C)C)cc1. The maximum Gasteiger partial charge on any atom is 0.329 e. The summed E-state index contributed by atoms with van der Waals surface area (Å²) < 4.78 is 11.2. The van der Waals surface area contributed by atoms with Crippen molar-refractivity contribution in [1.29, 1.82) is 5.26 Å². The molecule has 266 valence electrons. The Bertz CT molecular complexity index is 1890. The number of anilines is 1. The van der Waals surface area contributed by atoms with Crippen molar-refractivity contribution in [2.24, 2.45) is 17.4 Å². The zero-order chi connectivity index (χ0) is 36.9. The number of carbonyl (C=O) groups is 2. The van der Waals surface area contributed by atoms with Gasteiger partial charge >= 0.3 is 5.97 Å². The van der Waals surface area contributed by atoms with Crippen LogP contribution in [0.3, 0.4) is 0 Å². The largest absolute Gasteiger partial charge is 0.490 e. The summed E-state index contributed by atoms with van der Waals surface area (Å²) in [5.74, 6) is -0.273. The lowest BCUT2D eigenvalue weighted by molar-refractivity contribution is -0.150. The average Bonchev–Trinajstić information content (AvgIpc) is 3.60. The van der Waals surface area contributed by atoms with Gasteiger partial charge in [-0.15, -0.1) is 11.3 Å². The van der Waals surface area contributed by atoms with Crippen LogP contribution in [-0.4, -0.2) is 53.7 Å². The number of hydrogen-bond donors (Lipinski definition) is 4. The highest BCUT2D eigenvalue weighted by molar-refractivity contribution is 7.98. The second-order valence-corrected chi connectivity index (χ2v) is 14.0. The smallest absolute Gasteiger partial charge is 0.329 e. The summed E-state index contributed by atoms with van der Waals surface area (Å²) in [6.45, 7) is 11.9. The molecule has 0 radical (unpaired) electrons. The Hall–Kier alpha value is -4.70. The van der Waals surface area contributed by atoms with E-state index in [0.717, 1.165) is 29.1 Å². The van der Waals surface area contributed by atoms with Crippen LogP contribution in [0.1, 0.15) is 44.4 Å². The summed E-state index contributed by atoms with van der Waals surface area (Å²) in [6, 6.07) is 14.9. The van der Waals surface area contributed by atoms with Gasteiger partial charge in [0, 0.05) is 27.3 Å². The lowest BCUT2D eigenvalue weighted by atomic mass is 10.00. The van der Waals surface area contributed by atoms with Gasteiger partial charge < -0.3 is 32.0 Å². The number of hydrogen-bond acceptors (Lipinski definition) is 12. The molecule has 0 aliphatic carbocycles. The van der Waals surface area contributed by atoms with Crippen molar-refractivity contribution in [3.63, 3.8) is 0 Å². The van der Waals surface area contributed by atoms with E-state index in [1.54, 1.807) is 38.1 Å². The maximum absolute atomic E-state index is 12.8. The Morgan fingerprint density at radius 1 is 1.10 bits per heavy atom. The number of nitrogens with two attached hydrogens (primary N) is 3. The quantitative estimate of drug-likeness (QED) is 0.0407. The number of nitrogen functional groups attached to an aromatic ring is 1. The molecule has 0 spiro atoms. The summed E-state index contributed by atoms with van der Waals surface area (Å²) in [5, 5.41) is 16.7. The number of amides is 1. The lowest BCUT2D eigenvalue weighted by Crippen LogP contribution is -2.51. The third-order valence-electron chi connectivity index (χ3n) is 7.65. The van der Waals surface area contributed by atoms with E-state index in [1.807, 2.05) is 29.6 Å². The zero-order valence-corrected chi connectivity index (χ0v) is 30.6. The van der Waals surface area contributed by atoms with E-state index < -0.39 is 24.0 Å². The van der Waals surface area contributed by atoms with Crippen LogP contribution in [0.25, 0.3) is 26.5 Å². The number of halogens is 1. The number of unbranched alkanes of at least 4 members (excludes halogenated alkanes) is 1. The molecule has 0 fully saturated rings. The maximum atomic E-state index is 12.8. The van der Waals surface area contributed by atoms with Crippen molar-refractivity contribution >= 4 is 58.1 Å². The average molecular weight is 747 g/mol. The lowest BCUT2D eigenvalue weighted by Gasteiger charge is -2.22. The topological polar surface area (TPSA) is 197 Å². The molecule has 0 bridgehead atoms. The number of nitrogens with one attached hydrogen (secondary N) is 1. The van der Waals surface area contributed by atoms with E-state index >= 15 is 0 Å². The second-order valence-electron chi connectivity index (χ2n) is 11.7. The Labute approximate surface area is 310 Å². The number of ether oxygens (including phenoxy) is 2. The summed E-state index contributed by atoms with van der Waals surface area (Å²) >= 11 is 8.83. The predicted octanol–water partition coefficient (Wildman–Crippen LogP) is 6.34. The van der Waals surface area contributed by atoms with Gasteiger partial charge in [-0.05, 0) is 55.1 Å². The van der Waals surface area contributed by atoms with Crippen LogP contribution in [0.15, 0.2) is 58.9 Å². The molecular weight excluding hydrogens is 708 g/mol. The normalized spacial score (nSPS) is 12.1. The van der Waals surface area contributed by atoms with Crippen LogP contribution < -0.4 is 27.3 Å². The van der Waals surface area contributed by atoms with Crippen LogP contribution in [0.2, 0.25) is 5.02 Å². The van der Waals surface area contributed by atoms with Gasteiger partial charge in [0.05, 0.1) is 23.9 Å². The Morgan fingerprint density at radius 3 is 2.45 bits per heavy atom. The zero-order valence-electron chi connectivity index (χ0n) is 28.2. The van der Waals surface area contributed by atoms with E-state index in [-0.39, 0.29) is 36.2 Å². The first-order valence-electron chi connectivity index (χ1n) is 16.2. The third-order valence-corrected chi connectivity index (χ3v) is 9.85. The number of pyridine rings is 1. The van der Waals surface area contributed by atoms with Crippen LogP contribution >= 0.6 is 34.7 Å². The number of benzene rings is 2. The van der Waals surface area contributed by atoms with Crippen LogP contribution in [-0.2, 0) is 20.1 Å². The molecule has 1 amide bonds. The van der Waals surface area contributed by atoms with E-state index in [4.69, 9.17) is 49.8 Å². The summed E-state index contributed by atoms with van der Waals surface area (Å²) in [7, 11) is 0. The van der Waals surface area contributed by atoms with E-state index in [2.05, 4.69) is 21.2 Å². The van der Waals surface area contributed by atoms with Gasteiger partial charge in [-0.2, -0.15) is 5.26 Å². The minimum atomic E-state index is -0.854. The minimum Gasteiger partial charge on any atom is -0.490 e. The fourth-order valence-electron chi connectivity index (χ4n) is 4.92. The Kier molecular flexibility index (Phi) is 14.6. The highest BCUT2D eigenvalue weighted by atomic mass is 35.5. The van der Waals surface area contributed by atoms with Gasteiger partial charge in [-0.1, -0.05) is 67.9 Å². The molecule has 0 saturated carbocycles. The fraction of sp³-hybridized carbons (Fsp3) is 0.333. The number of rotatable bonds is 17.